The minimum Gasteiger partial charge on any atom is -0.478 e. The number of ether oxygens (including phenoxy) is 1. The first-order valence-electron chi connectivity index (χ1n) is 5.92. The molecule has 1 aromatic heterocycles. The normalized spacial score (nSPS) is 20.6. The summed E-state index contributed by atoms with van der Waals surface area (Å²) in [5.41, 5.74) is 6.21. The largest absolute Gasteiger partial charge is 0.478 e. The zero-order chi connectivity index (χ0) is 11.2. The van der Waals surface area contributed by atoms with Crippen molar-refractivity contribution in [2.24, 2.45) is 0 Å². The predicted octanol–water partition coefficient (Wildman–Crippen LogP) is 1.57. The fourth-order valence-corrected chi connectivity index (χ4v) is 1.95. The van der Waals surface area contributed by atoms with E-state index in [1.165, 1.54) is 19.3 Å². The van der Waals surface area contributed by atoms with Gasteiger partial charge in [0.2, 0.25) is 5.88 Å². The Balaban J connectivity index is 1.69. The van der Waals surface area contributed by atoms with E-state index in [1.807, 2.05) is 6.07 Å². The number of anilines is 1. The first-order chi connectivity index (χ1) is 7.84. The minimum absolute atomic E-state index is 0.613. The first kappa shape index (κ1) is 11.2. The Kier molecular flexibility index (Phi) is 3.99. The summed E-state index contributed by atoms with van der Waals surface area (Å²) < 4.78 is 5.56. The topological polar surface area (TPSA) is 60.2 Å². The number of nitrogens with zero attached hydrogens (tertiary/aromatic N) is 1. The lowest BCUT2D eigenvalue weighted by atomic mass is 10.0. The van der Waals surface area contributed by atoms with E-state index < -0.39 is 0 Å². The fourth-order valence-electron chi connectivity index (χ4n) is 1.95. The van der Waals surface area contributed by atoms with Gasteiger partial charge in [-0.2, -0.15) is 0 Å². The standard InChI is InChI=1S/C12H19N3O/c13-10-4-5-12(15-9-10)16-8-6-11-3-1-2-7-14-11/h4-5,9,11,14H,1-3,6-8,13H2/t11-/m1/s1. The summed E-state index contributed by atoms with van der Waals surface area (Å²) in [7, 11) is 0. The lowest BCUT2D eigenvalue weighted by Crippen LogP contribution is -2.35. The van der Waals surface area contributed by atoms with Crippen LogP contribution in [0.5, 0.6) is 5.88 Å². The molecule has 0 amide bonds. The third-order valence-corrected chi connectivity index (χ3v) is 2.89. The third kappa shape index (κ3) is 3.38. The summed E-state index contributed by atoms with van der Waals surface area (Å²) in [6.07, 6.45) is 6.56. The molecule has 0 unspecified atom stereocenters. The van der Waals surface area contributed by atoms with E-state index in [2.05, 4.69) is 10.3 Å². The maximum atomic E-state index is 5.56. The highest BCUT2D eigenvalue weighted by Crippen LogP contribution is 2.12. The van der Waals surface area contributed by atoms with Gasteiger partial charge in [0.1, 0.15) is 0 Å². The van der Waals surface area contributed by atoms with E-state index in [0.717, 1.165) is 13.0 Å². The monoisotopic (exact) mass is 221 g/mol. The van der Waals surface area contributed by atoms with Crippen LogP contribution in [0.25, 0.3) is 0 Å². The van der Waals surface area contributed by atoms with Crippen molar-refractivity contribution in [3.8, 4) is 5.88 Å². The van der Waals surface area contributed by atoms with Gasteiger partial charge in [-0.3, -0.25) is 0 Å². The highest BCUT2D eigenvalue weighted by molar-refractivity contribution is 5.35. The molecule has 2 heterocycles. The Bertz CT molecular complexity index is 307. The minimum atomic E-state index is 0.613. The van der Waals surface area contributed by atoms with Crippen molar-refractivity contribution in [3.63, 3.8) is 0 Å². The molecule has 2 rings (SSSR count). The van der Waals surface area contributed by atoms with Gasteiger partial charge in [-0.25, -0.2) is 4.98 Å². The molecular weight excluding hydrogens is 202 g/mol. The lowest BCUT2D eigenvalue weighted by molar-refractivity contribution is 0.261. The first-order valence-corrected chi connectivity index (χ1v) is 5.92. The Morgan fingerprint density at radius 1 is 1.44 bits per heavy atom. The average Bonchev–Trinajstić information content (AvgIpc) is 2.33. The molecule has 4 heteroatoms. The van der Waals surface area contributed by atoms with E-state index in [4.69, 9.17) is 10.5 Å². The molecule has 0 saturated carbocycles. The van der Waals surface area contributed by atoms with Gasteiger partial charge in [-0.1, -0.05) is 6.42 Å². The quantitative estimate of drug-likeness (QED) is 0.810. The number of hydrogen-bond acceptors (Lipinski definition) is 4. The molecule has 1 aliphatic rings. The SMILES string of the molecule is Nc1ccc(OCC[C@H]2CCCCN2)nc1. The van der Waals surface area contributed by atoms with Crippen molar-refractivity contribution in [1.82, 2.24) is 10.3 Å². The number of piperidine rings is 1. The van der Waals surface area contributed by atoms with Gasteiger partial charge in [-0.15, -0.1) is 0 Å². The van der Waals surface area contributed by atoms with Gasteiger partial charge in [0.25, 0.3) is 0 Å². The van der Waals surface area contributed by atoms with Crippen molar-refractivity contribution >= 4 is 5.69 Å². The van der Waals surface area contributed by atoms with Crippen LogP contribution >= 0.6 is 0 Å². The zero-order valence-electron chi connectivity index (χ0n) is 9.48. The molecule has 4 nitrogen and oxygen atoms in total. The summed E-state index contributed by atoms with van der Waals surface area (Å²) in [4.78, 5) is 4.09. The molecule has 88 valence electrons. The lowest BCUT2D eigenvalue weighted by Gasteiger charge is -2.23. The van der Waals surface area contributed by atoms with Crippen LogP contribution in [0, 0.1) is 0 Å². The molecule has 3 N–H and O–H groups in total. The van der Waals surface area contributed by atoms with Crippen LogP contribution in [-0.2, 0) is 0 Å². The van der Waals surface area contributed by atoms with Gasteiger partial charge in [0, 0.05) is 12.1 Å². The molecule has 0 bridgehead atoms. The second kappa shape index (κ2) is 5.70. The number of hydrogen-bond donors (Lipinski definition) is 2. The summed E-state index contributed by atoms with van der Waals surface area (Å²) >= 11 is 0. The molecule has 1 atom stereocenters. The molecule has 0 aliphatic carbocycles. The maximum Gasteiger partial charge on any atom is 0.213 e. The number of nitrogens with one attached hydrogen (secondary N) is 1. The van der Waals surface area contributed by atoms with Crippen LogP contribution in [0.15, 0.2) is 18.3 Å². The molecule has 1 saturated heterocycles. The molecule has 1 aliphatic heterocycles. The van der Waals surface area contributed by atoms with E-state index in [-0.39, 0.29) is 0 Å². The Hall–Kier alpha value is -1.29. The summed E-state index contributed by atoms with van der Waals surface area (Å²) in [6.45, 7) is 1.86. The molecule has 0 radical (unpaired) electrons. The van der Waals surface area contributed by atoms with Crippen LogP contribution in [0.3, 0.4) is 0 Å². The molecule has 1 fully saturated rings. The van der Waals surface area contributed by atoms with Gasteiger partial charge in [-0.05, 0) is 31.9 Å². The maximum absolute atomic E-state index is 5.56. The molecule has 1 aromatic rings. The van der Waals surface area contributed by atoms with Crippen LogP contribution in [0.1, 0.15) is 25.7 Å². The highest BCUT2D eigenvalue weighted by atomic mass is 16.5. The number of pyridine rings is 1. The Morgan fingerprint density at radius 3 is 3.06 bits per heavy atom. The van der Waals surface area contributed by atoms with Gasteiger partial charge in [0.15, 0.2) is 0 Å². The van der Waals surface area contributed by atoms with Crippen molar-refractivity contribution in [2.75, 3.05) is 18.9 Å². The van der Waals surface area contributed by atoms with Crippen molar-refractivity contribution in [1.29, 1.82) is 0 Å². The van der Waals surface area contributed by atoms with E-state index in [1.54, 1.807) is 12.3 Å². The average molecular weight is 221 g/mol. The molecule has 0 spiro atoms. The zero-order valence-corrected chi connectivity index (χ0v) is 9.48. The summed E-state index contributed by atoms with van der Waals surface area (Å²) in [5.74, 6) is 0.657. The van der Waals surface area contributed by atoms with Crippen molar-refractivity contribution < 1.29 is 4.74 Å². The molecular formula is C12H19N3O. The Morgan fingerprint density at radius 2 is 2.38 bits per heavy atom. The molecule has 0 aromatic carbocycles. The smallest absolute Gasteiger partial charge is 0.213 e. The predicted molar refractivity (Wildman–Crippen MR) is 64.4 cm³/mol. The Labute approximate surface area is 96.2 Å². The second-order valence-electron chi connectivity index (χ2n) is 4.21. The number of nitrogen functional groups attached to an aromatic ring is 1. The number of nitrogens with two attached hydrogens (primary N) is 1. The van der Waals surface area contributed by atoms with Crippen LogP contribution in [0.4, 0.5) is 5.69 Å². The number of rotatable bonds is 4. The van der Waals surface area contributed by atoms with E-state index in [9.17, 15) is 0 Å². The highest BCUT2D eigenvalue weighted by Gasteiger charge is 2.11. The van der Waals surface area contributed by atoms with Gasteiger partial charge < -0.3 is 15.8 Å². The summed E-state index contributed by atoms with van der Waals surface area (Å²) in [6, 6.07) is 4.23. The van der Waals surface area contributed by atoms with Crippen molar-refractivity contribution in [3.05, 3.63) is 18.3 Å². The van der Waals surface area contributed by atoms with E-state index in [0.29, 0.717) is 24.2 Å². The number of aromatic nitrogens is 1. The van der Waals surface area contributed by atoms with Gasteiger partial charge >= 0.3 is 0 Å². The summed E-state index contributed by atoms with van der Waals surface area (Å²) in [5, 5.41) is 3.49. The third-order valence-electron chi connectivity index (χ3n) is 2.89. The second-order valence-corrected chi connectivity index (χ2v) is 4.21. The van der Waals surface area contributed by atoms with Crippen LogP contribution in [-0.4, -0.2) is 24.2 Å². The van der Waals surface area contributed by atoms with E-state index >= 15 is 0 Å². The van der Waals surface area contributed by atoms with Crippen molar-refractivity contribution in [2.45, 2.75) is 31.7 Å². The van der Waals surface area contributed by atoms with Crippen LogP contribution < -0.4 is 15.8 Å². The molecule has 16 heavy (non-hydrogen) atoms. The van der Waals surface area contributed by atoms with Gasteiger partial charge in [0.05, 0.1) is 18.5 Å². The fraction of sp³-hybridized carbons (Fsp3) is 0.583. The van der Waals surface area contributed by atoms with Crippen LogP contribution in [0.2, 0.25) is 0 Å².